The number of nitrogen functional groups attached to an aromatic ring is 1. The summed E-state index contributed by atoms with van der Waals surface area (Å²) in [5, 5.41) is 0. The quantitative estimate of drug-likeness (QED) is 0.620. The molecule has 0 aromatic heterocycles. The lowest BCUT2D eigenvalue weighted by molar-refractivity contribution is 0.199. The van der Waals surface area contributed by atoms with Crippen molar-refractivity contribution in [2.24, 2.45) is 0 Å². The summed E-state index contributed by atoms with van der Waals surface area (Å²) in [5.41, 5.74) is 7.56. The smallest absolute Gasteiger partial charge is 0.214 e. The topological polar surface area (TPSA) is 75.9 Å². The van der Waals surface area contributed by atoms with Crippen LogP contribution in [0.2, 0.25) is 0 Å². The maximum absolute atomic E-state index is 12.2. The summed E-state index contributed by atoms with van der Waals surface area (Å²) in [7, 11) is -1.59. The van der Waals surface area contributed by atoms with Gasteiger partial charge in [0.15, 0.2) is 0 Å². The normalized spacial score (nSPS) is 17.1. The lowest BCUT2D eigenvalue weighted by atomic mass is 10.2. The average Bonchev–Trinajstić information content (AvgIpc) is 2.47. The van der Waals surface area contributed by atoms with E-state index >= 15 is 0 Å². The summed E-state index contributed by atoms with van der Waals surface area (Å²) in [6, 6.07) is 7.68. The number of piperazine rings is 1. The molecule has 1 fully saturated rings. The van der Waals surface area contributed by atoms with Crippen LogP contribution in [0.3, 0.4) is 0 Å². The highest BCUT2D eigenvalue weighted by molar-refractivity contribution is 7.89. The Hall–Kier alpha value is -1.31. The first-order chi connectivity index (χ1) is 10.0. The number of benzene rings is 1. The zero-order chi connectivity index (χ0) is 15.3. The molecule has 0 radical (unpaired) electrons. The number of hydrogen-bond acceptors (Lipinski definition) is 5. The summed E-state index contributed by atoms with van der Waals surface area (Å²) < 4.78 is 30.9. The van der Waals surface area contributed by atoms with Gasteiger partial charge in [-0.3, -0.25) is 0 Å². The fraction of sp³-hybridized carbons (Fsp3) is 0.571. The van der Waals surface area contributed by atoms with E-state index in [1.54, 1.807) is 11.4 Å². The molecular weight excluding hydrogens is 290 g/mol. The van der Waals surface area contributed by atoms with Crippen molar-refractivity contribution >= 4 is 21.4 Å². The Balaban J connectivity index is 1.91. The fourth-order valence-electron chi connectivity index (χ4n) is 2.46. The van der Waals surface area contributed by atoms with Crippen LogP contribution in [0, 0.1) is 0 Å². The Kier molecular flexibility index (Phi) is 5.44. The van der Waals surface area contributed by atoms with E-state index < -0.39 is 10.0 Å². The Bertz CT molecular complexity index is 554. The van der Waals surface area contributed by atoms with Crippen molar-refractivity contribution in [3.63, 3.8) is 0 Å². The van der Waals surface area contributed by atoms with Gasteiger partial charge in [0.2, 0.25) is 10.0 Å². The Labute approximate surface area is 126 Å². The number of ether oxygens (including phenoxy) is 1. The maximum atomic E-state index is 12.2. The number of rotatable bonds is 6. The molecule has 0 amide bonds. The molecule has 0 unspecified atom stereocenters. The highest BCUT2D eigenvalue weighted by Crippen LogP contribution is 2.20. The van der Waals surface area contributed by atoms with E-state index in [1.807, 2.05) is 24.3 Å². The van der Waals surface area contributed by atoms with Crippen LogP contribution in [0.4, 0.5) is 11.4 Å². The van der Waals surface area contributed by atoms with Gasteiger partial charge in [-0.15, -0.1) is 0 Å². The second kappa shape index (κ2) is 7.11. The molecule has 1 heterocycles. The van der Waals surface area contributed by atoms with Crippen LogP contribution in [-0.2, 0) is 14.8 Å². The van der Waals surface area contributed by atoms with Gasteiger partial charge in [-0.05, 0) is 24.6 Å². The van der Waals surface area contributed by atoms with Crippen molar-refractivity contribution < 1.29 is 13.2 Å². The molecule has 1 aliphatic rings. The van der Waals surface area contributed by atoms with Crippen molar-refractivity contribution in [3.8, 4) is 0 Å². The van der Waals surface area contributed by atoms with Crippen LogP contribution in [0.5, 0.6) is 0 Å². The summed E-state index contributed by atoms with van der Waals surface area (Å²) in [5.74, 6) is 0.152. The summed E-state index contributed by atoms with van der Waals surface area (Å²) >= 11 is 0. The molecule has 0 saturated carbocycles. The number of sulfonamides is 1. The first-order valence-corrected chi connectivity index (χ1v) is 8.71. The molecule has 0 atom stereocenters. The molecule has 118 valence electrons. The molecule has 1 aromatic carbocycles. The zero-order valence-electron chi connectivity index (χ0n) is 12.4. The molecule has 21 heavy (non-hydrogen) atoms. The molecule has 2 N–H and O–H groups in total. The first kappa shape index (κ1) is 16.1. The minimum absolute atomic E-state index is 0.152. The van der Waals surface area contributed by atoms with E-state index in [9.17, 15) is 8.42 Å². The van der Waals surface area contributed by atoms with Crippen LogP contribution < -0.4 is 10.6 Å². The van der Waals surface area contributed by atoms with Crippen molar-refractivity contribution in [2.75, 3.05) is 56.3 Å². The van der Waals surface area contributed by atoms with Crippen molar-refractivity contribution in [2.45, 2.75) is 6.42 Å². The molecule has 0 aliphatic carbocycles. The number of nitrogens with two attached hydrogens (primary N) is 1. The molecular formula is C14H23N3O3S. The van der Waals surface area contributed by atoms with Gasteiger partial charge in [-0.25, -0.2) is 8.42 Å². The minimum atomic E-state index is -3.17. The van der Waals surface area contributed by atoms with Gasteiger partial charge in [-0.1, -0.05) is 6.07 Å². The van der Waals surface area contributed by atoms with Crippen molar-refractivity contribution in [1.29, 1.82) is 0 Å². The van der Waals surface area contributed by atoms with Crippen molar-refractivity contribution in [3.05, 3.63) is 24.3 Å². The Morgan fingerprint density at radius 1 is 1.24 bits per heavy atom. The van der Waals surface area contributed by atoms with Gasteiger partial charge < -0.3 is 15.4 Å². The summed E-state index contributed by atoms with van der Waals surface area (Å²) in [4.78, 5) is 2.16. The molecule has 1 saturated heterocycles. The van der Waals surface area contributed by atoms with E-state index in [0.29, 0.717) is 39.2 Å². The number of methoxy groups -OCH3 is 1. The highest BCUT2D eigenvalue weighted by atomic mass is 32.2. The molecule has 2 rings (SSSR count). The van der Waals surface area contributed by atoms with Gasteiger partial charge in [0.1, 0.15) is 0 Å². The standard InChI is InChI=1S/C14H23N3O3S/c1-20-10-3-11-21(18,19)17-8-6-16(7-9-17)14-5-2-4-13(15)12-14/h2,4-5,12H,3,6-11,15H2,1H3. The third kappa shape index (κ3) is 4.33. The molecule has 7 heteroatoms. The van der Waals surface area contributed by atoms with Gasteiger partial charge in [-0.2, -0.15) is 4.31 Å². The van der Waals surface area contributed by atoms with Gasteiger partial charge in [0.05, 0.1) is 5.75 Å². The average molecular weight is 313 g/mol. The first-order valence-electron chi connectivity index (χ1n) is 7.10. The van der Waals surface area contributed by atoms with Crippen LogP contribution >= 0.6 is 0 Å². The SMILES string of the molecule is COCCCS(=O)(=O)N1CCN(c2cccc(N)c2)CC1. The predicted octanol–water partition coefficient (Wildman–Crippen LogP) is 0.757. The maximum Gasteiger partial charge on any atom is 0.214 e. The van der Waals surface area contributed by atoms with Crippen LogP contribution in [0.1, 0.15) is 6.42 Å². The minimum Gasteiger partial charge on any atom is -0.399 e. The molecule has 6 nitrogen and oxygen atoms in total. The van der Waals surface area contributed by atoms with E-state index in [-0.39, 0.29) is 5.75 Å². The van der Waals surface area contributed by atoms with Crippen LogP contribution in [-0.4, -0.2) is 58.4 Å². The van der Waals surface area contributed by atoms with E-state index in [1.165, 1.54) is 0 Å². The Morgan fingerprint density at radius 2 is 1.95 bits per heavy atom. The van der Waals surface area contributed by atoms with Gasteiger partial charge >= 0.3 is 0 Å². The molecule has 1 aliphatic heterocycles. The second-order valence-corrected chi connectivity index (χ2v) is 7.23. The number of hydrogen-bond donors (Lipinski definition) is 1. The third-order valence-corrected chi connectivity index (χ3v) is 5.57. The lowest BCUT2D eigenvalue weighted by Gasteiger charge is -2.35. The van der Waals surface area contributed by atoms with Crippen LogP contribution in [0.15, 0.2) is 24.3 Å². The molecule has 0 spiro atoms. The highest BCUT2D eigenvalue weighted by Gasteiger charge is 2.26. The second-order valence-electron chi connectivity index (χ2n) is 5.14. The molecule has 0 bridgehead atoms. The van der Waals surface area contributed by atoms with E-state index in [2.05, 4.69) is 4.90 Å². The largest absolute Gasteiger partial charge is 0.399 e. The van der Waals surface area contributed by atoms with E-state index in [4.69, 9.17) is 10.5 Å². The predicted molar refractivity (Wildman–Crippen MR) is 84.9 cm³/mol. The monoisotopic (exact) mass is 313 g/mol. The van der Waals surface area contributed by atoms with E-state index in [0.717, 1.165) is 11.4 Å². The van der Waals surface area contributed by atoms with Gasteiger partial charge in [0, 0.05) is 51.3 Å². The summed E-state index contributed by atoms with van der Waals surface area (Å²) in [6.45, 7) is 2.89. The Morgan fingerprint density at radius 3 is 2.57 bits per heavy atom. The number of anilines is 2. The lowest BCUT2D eigenvalue weighted by Crippen LogP contribution is -2.49. The van der Waals surface area contributed by atoms with Crippen LogP contribution in [0.25, 0.3) is 0 Å². The number of nitrogens with zero attached hydrogens (tertiary/aromatic N) is 2. The third-order valence-electron chi connectivity index (χ3n) is 3.62. The van der Waals surface area contributed by atoms with Crippen molar-refractivity contribution in [1.82, 2.24) is 4.31 Å². The van der Waals surface area contributed by atoms with Gasteiger partial charge in [0.25, 0.3) is 0 Å². The summed E-state index contributed by atoms with van der Waals surface area (Å²) in [6.07, 6.45) is 0.536. The zero-order valence-corrected chi connectivity index (χ0v) is 13.2. The molecule has 1 aromatic rings. The fourth-order valence-corrected chi connectivity index (χ4v) is 3.92.